The number of nitrogens with zero attached hydrogens (tertiary/aromatic N) is 1. The van der Waals surface area contributed by atoms with Crippen molar-refractivity contribution in [1.82, 2.24) is 16.0 Å². The fourth-order valence-electron chi connectivity index (χ4n) is 2.24. The van der Waals surface area contributed by atoms with Gasteiger partial charge in [-0.2, -0.15) is 0 Å². The van der Waals surface area contributed by atoms with E-state index >= 15 is 0 Å². The minimum atomic E-state index is -2.97. The second-order valence-electron chi connectivity index (χ2n) is 6.35. The largest absolute Gasteiger partial charge is 0.354 e. The van der Waals surface area contributed by atoms with Crippen LogP contribution in [0.1, 0.15) is 42.6 Å². The van der Waals surface area contributed by atoms with Gasteiger partial charge in [0.25, 0.3) is 5.91 Å². The molecule has 0 spiro atoms. The predicted octanol–water partition coefficient (Wildman–Crippen LogP) is 1.93. The summed E-state index contributed by atoms with van der Waals surface area (Å²) in [6, 6.07) is 7.39. The fourth-order valence-corrected chi connectivity index (χ4v) is 3.02. The van der Waals surface area contributed by atoms with Crippen LogP contribution in [0.2, 0.25) is 0 Å². The number of hydrogen-bond donors (Lipinski definition) is 3. The molecule has 1 unspecified atom stereocenters. The first-order valence-corrected chi connectivity index (χ1v) is 10.8. The fraction of sp³-hybridized carbons (Fsp3) is 0.556. The van der Waals surface area contributed by atoms with Crippen molar-refractivity contribution < 1.29 is 13.2 Å². The zero-order chi connectivity index (χ0) is 19.6. The van der Waals surface area contributed by atoms with Gasteiger partial charge in [-0.15, -0.1) is 24.0 Å². The molecule has 0 aromatic heterocycles. The van der Waals surface area contributed by atoms with Gasteiger partial charge in [0.2, 0.25) is 0 Å². The summed E-state index contributed by atoms with van der Waals surface area (Å²) in [4.78, 5) is 16.2. The molecule has 0 saturated heterocycles. The number of carbonyl (C=O) groups excluding carboxylic acids is 1. The van der Waals surface area contributed by atoms with E-state index in [1.807, 2.05) is 32.0 Å². The van der Waals surface area contributed by atoms with Crippen molar-refractivity contribution >= 4 is 45.7 Å². The highest BCUT2D eigenvalue weighted by Gasteiger charge is 2.10. The third-order valence-electron chi connectivity index (χ3n) is 3.71. The first kappa shape index (κ1) is 25.6. The monoisotopic (exact) mass is 510 g/mol. The average Bonchev–Trinajstić information content (AvgIpc) is 2.61. The minimum Gasteiger partial charge on any atom is -0.354 e. The molecule has 1 atom stereocenters. The number of sulfone groups is 1. The molecule has 0 bridgehead atoms. The Balaban J connectivity index is 0.00000676. The van der Waals surface area contributed by atoms with Crippen LogP contribution in [0, 0.1) is 0 Å². The maximum absolute atomic E-state index is 12.0. The Kier molecular flexibility index (Phi) is 12.3. The smallest absolute Gasteiger partial charge is 0.251 e. The highest BCUT2D eigenvalue weighted by molar-refractivity contribution is 14.0. The molecule has 7 nitrogen and oxygen atoms in total. The van der Waals surface area contributed by atoms with Crippen LogP contribution in [0.25, 0.3) is 0 Å². The van der Waals surface area contributed by atoms with Crippen LogP contribution in [0.5, 0.6) is 0 Å². The summed E-state index contributed by atoms with van der Waals surface area (Å²) in [6.07, 6.45) is 2.63. The standard InChI is InChI=1S/C18H30N4O3S.HI/c1-5-10-20-17(23)16-8-6-7-15(12-16)13-21-18(19-3)22-14(2)9-11-26(4,24)25;/h6-8,12,14H,5,9-11,13H2,1-4H3,(H,20,23)(H2,19,21,22);1H. The van der Waals surface area contributed by atoms with Gasteiger partial charge in [0.15, 0.2) is 5.96 Å². The van der Waals surface area contributed by atoms with Gasteiger partial charge in [-0.1, -0.05) is 19.1 Å². The number of guanidine groups is 1. The van der Waals surface area contributed by atoms with Crippen molar-refractivity contribution in [3.05, 3.63) is 35.4 Å². The Hall–Kier alpha value is -1.36. The summed E-state index contributed by atoms with van der Waals surface area (Å²) in [5.74, 6) is 0.644. The first-order valence-electron chi connectivity index (χ1n) is 8.77. The molecule has 0 aliphatic carbocycles. The highest BCUT2D eigenvalue weighted by Crippen LogP contribution is 2.05. The maximum atomic E-state index is 12.0. The molecular weight excluding hydrogens is 479 g/mol. The lowest BCUT2D eigenvalue weighted by molar-refractivity contribution is 0.0953. The Morgan fingerprint density at radius 1 is 1.26 bits per heavy atom. The van der Waals surface area contributed by atoms with Crippen LogP contribution < -0.4 is 16.0 Å². The molecule has 1 rings (SSSR count). The third-order valence-corrected chi connectivity index (χ3v) is 4.69. The Morgan fingerprint density at radius 2 is 1.96 bits per heavy atom. The third kappa shape index (κ3) is 11.2. The van der Waals surface area contributed by atoms with E-state index in [0.29, 0.717) is 31.0 Å². The lowest BCUT2D eigenvalue weighted by Gasteiger charge is -2.17. The lowest BCUT2D eigenvalue weighted by Crippen LogP contribution is -2.42. The van der Waals surface area contributed by atoms with E-state index in [1.54, 1.807) is 13.1 Å². The topological polar surface area (TPSA) is 99.7 Å². The zero-order valence-electron chi connectivity index (χ0n) is 16.4. The molecule has 154 valence electrons. The summed E-state index contributed by atoms with van der Waals surface area (Å²) in [7, 11) is -1.31. The number of hydrogen-bond acceptors (Lipinski definition) is 4. The van der Waals surface area contributed by atoms with Crippen LogP contribution in [0.15, 0.2) is 29.3 Å². The molecule has 0 saturated carbocycles. The molecule has 3 N–H and O–H groups in total. The molecule has 0 aliphatic rings. The Labute approximate surface area is 179 Å². The van der Waals surface area contributed by atoms with Gasteiger partial charge >= 0.3 is 0 Å². The first-order chi connectivity index (χ1) is 12.2. The van der Waals surface area contributed by atoms with Crippen LogP contribution in [-0.4, -0.2) is 51.9 Å². The zero-order valence-corrected chi connectivity index (χ0v) is 19.6. The number of benzene rings is 1. The summed E-state index contributed by atoms with van der Waals surface area (Å²) < 4.78 is 22.5. The summed E-state index contributed by atoms with van der Waals surface area (Å²) >= 11 is 0. The maximum Gasteiger partial charge on any atom is 0.251 e. The summed E-state index contributed by atoms with van der Waals surface area (Å²) in [6.45, 7) is 5.09. The molecule has 27 heavy (non-hydrogen) atoms. The molecule has 1 aromatic rings. The minimum absolute atomic E-state index is 0. The van der Waals surface area contributed by atoms with E-state index in [-0.39, 0.29) is 41.7 Å². The van der Waals surface area contributed by atoms with Crippen molar-refractivity contribution in [2.75, 3.05) is 25.6 Å². The second kappa shape index (κ2) is 12.9. The number of aliphatic imine (C=N–C) groups is 1. The van der Waals surface area contributed by atoms with Crippen molar-refractivity contribution in [1.29, 1.82) is 0 Å². The quantitative estimate of drug-likeness (QED) is 0.268. The summed E-state index contributed by atoms with van der Waals surface area (Å²) in [5.41, 5.74) is 1.59. The Morgan fingerprint density at radius 3 is 2.56 bits per heavy atom. The molecule has 0 aliphatic heterocycles. The van der Waals surface area contributed by atoms with E-state index in [4.69, 9.17) is 0 Å². The van der Waals surface area contributed by atoms with Gasteiger partial charge in [-0.05, 0) is 37.5 Å². The lowest BCUT2D eigenvalue weighted by atomic mass is 10.1. The van der Waals surface area contributed by atoms with E-state index in [1.165, 1.54) is 6.26 Å². The molecule has 0 fully saturated rings. The van der Waals surface area contributed by atoms with Gasteiger partial charge in [-0.25, -0.2) is 8.42 Å². The van der Waals surface area contributed by atoms with Crippen LogP contribution in [-0.2, 0) is 16.4 Å². The molecule has 1 amide bonds. The van der Waals surface area contributed by atoms with E-state index in [0.717, 1.165) is 12.0 Å². The second-order valence-corrected chi connectivity index (χ2v) is 8.61. The van der Waals surface area contributed by atoms with Crippen molar-refractivity contribution in [3.8, 4) is 0 Å². The number of halogens is 1. The number of nitrogens with one attached hydrogen (secondary N) is 3. The van der Waals surface area contributed by atoms with Gasteiger partial charge in [-0.3, -0.25) is 9.79 Å². The summed E-state index contributed by atoms with van der Waals surface area (Å²) in [5, 5.41) is 9.21. The van der Waals surface area contributed by atoms with Crippen LogP contribution >= 0.6 is 24.0 Å². The average molecular weight is 510 g/mol. The molecule has 9 heteroatoms. The van der Waals surface area contributed by atoms with Gasteiger partial charge in [0.05, 0.1) is 5.75 Å². The van der Waals surface area contributed by atoms with E-state index in [9.17, 15) is 13.2 Å². The van der Waals surface area contributed by atoms with Crippen LogP contribution in [0.3, 0.4) is 0 Å². The van der Waals surface area contributed by atoms with Crippen molar-refractivity contribution in [3.63, 3.8) is 0 Å². The molecule has 0 heterocycles. The molecule has 0 radical (unpaired) electrons. The van der Waals surface area contributed by atoms with Crippen LogP contribution in [0.4, 0.5) is 0 Å². The van der Waals surface area contributed by atoms with Crippen molar-refractivity contribution in [2.45, 2.75) is 39.3 Å². The van der Waals surface area contributed by atoms with E-state index < -0.39 is 9.84 Å². The molecular formula is C18H31IN4O3S. The normalized spacial score (nSPS) is 12.7. The van der Waals surface area contributed by atoms with Crippen molar-refractivity contribution in [2.24, 2.45) is 4.99 Å². The number of rotatable bonds is 9. The highest BCUT2D eigenvalue weighted by atomic mass is 127. The SMILES string of the molecule is CCCNC(=O)c1cccc(CNC(=NC)NC(C)CCS(C)(=O)=O)c1.I. The van der Waals surface area contributed by atoms with Gasteiger partial charge in [0, 0.05) is 38.0 Å². The molecule has 1 aromatic carbocycles. The predicted molar refractivity (Wildman–Crippen MR) is 122 cm³/mol. The van der Waals surface area contributed by atoms with Gasteiger partial charge < -0.3 is 16.0 Å². The number of carbonyl (C=O) groups is 1. The van der Waals surface area contributed by atoms with E-state index in [2.05, 4.69) is 20.9 Å². The van der Waals surface area contributed by atoms with Gasteiger partial charge in [0.1, 0.15) is 9.84 Å². The Bertz CT molecular complexity index is 723. The number of amides is 1.